The average Bonchev–Trinajstić information content (AvgIpc) is 2.80. The van der Waals surface area contributed by atoms with Crippen LogP contribution in [0.25, 0.3) is 0 Å². The lowest BCUT2D eigenvalue weighted by Crippen LogP contribution is -2.19. The van der Waals surface area contributed by atoms with E-state index in [-0.39, 0.29) is 11.9 Å². The molecule has 0 bridgehead atoms. The van der Waals surface area contributed by atoms with E-state index in [4.69, 9.17) is 4.74 Å². The van der Waals surface area contributed by atoms with E-state index < -0.39 is 0 Å². The molecule has 0 saturated carbocycles. The van der Waals surface area contributed by atoms with E-state index in [0.717, 1.165) is 6.42 Å². The Hall–Kier alpha value is -0.530. The van der Waals surface area contributed by atoms with Gasteiger partial charge in [-0.1, -0.05) is 150 Å². The maximum absolute atomic E-state index is 12.5. The summed E-state index contributed by atoms with van der Waals surface area (Å²) < 4.78 is 5.80. The van der Waals surface area contributed by atoms with E-state index in [0.29, 0.717) is 12.5 Å². The van der Waals surface area contributed by atoms with Gasteiger partial charge < -0.3 is 4.74 Å². The molecule has 0 heterocycles. The first-order valence-electron chi connectivity index (χ1n) is 14.8. The summed E-state index contributed by atoms with van der Waals surface area (Å²) in [7, 11) is 0. The molecule has 0 amide bonds. The van der Waals surface area contributed by atoms with Crippen molar-refractivity contribution in [3.05, 3.63) is 0 Å². The van der Waals surface area contributed by atoms with Crippen LogP contribution in [-0.4, -0.2) is 12.6 Å². The van der Waals surface area contributed by atoms with E-state index in [1.807, 2.05) is 0 Å². The monoisotopic (exact) mass is 452 g/mol. The van der Waals surface area contributed by atoms with Gasteiger partial charge in [-0.2, -0.15) is 0 Å². The van der Waals surface area contributed by atoms with Gasteiger partial charge in [-0.05, 0) is 25.2 Å². The van der Waals surface area contributed by atoms with Crippen molar-refractivity contribution < 1.29 is 9.53 Å². The van der Waals surface area contributed by atoms with Crippen molar-refractivity contribution in [2.75, 3.05) is 6.61 Å². The lowest BCUT2D eigenvalue weighted by Gasteiger charge is -2.19. The standard InChI is InChI=1S/C30H60O2/c1-5-8-11-13-15-17-19-22-24-28(4)30(31)32-27-29(25-21-10-7-3)26-23-20-18-16-14-12-9-6-2/h28-29H,5-27H2,1-4H3. The molecule has 0 saturated heterocycles. The molecule has 0 aliphatic carbocycles. The van der Waals surface area contributed by atoms with Crippen molar-refractivity contribution in [1.82, 2.24) is 0 Å². The van der Waals surface area contributed by atoms with E-state index >= 15 is 0 Å². The number of carbonyl (C=O) groups excluding carboxylic acids is 1. The molecule has 0 aliphatic heterocycles. The number of hydrogen-bond acceptors (Lipinski definition) is 2. The summed E-state index contributed by atoms with van der Waals surface area (Å²) in [4.78, 5) is 12.5. The second-order valence-corrected chi connectivity index (χ2v) is 10.4. The van der Waals surface area contributed by atoms with Crippen LogP contribution in [0.2, 0.25) is 0 Å². The topological polar surface area (TPSA) is 26.3 Å². The molecule has 2 atom stereocenters. The van der Waals surface area contributed by atoms with Crippen molar-refractivity contribution in [2.45, 2.75) is 169 Å². The van der Waals surface area contributed by atoms with Gasteiger partial charge in [-0.15, -0.1) is 0 Å². The second-order valence-electron chi connectivity index (χ2n) is 10.4. The molecule has 2 nitrogen and oxygen atoms in total. The highest BCUT2D eigenvalue weighted by atomic mass is 16.5. The van der Waals surface area contributed by atoms with Gasteiger partial charge >= 0.3 is 5.97 Å². The van der Waals surface area contributed by atoms with E-state index in [1.165, 1.54) is 135 Å². The minimum absolute atomic E-state index is 0.0457. The van der Waals surface area contributed by atoms with Crippen LogP contribution in [0.4, 0.5) is 0 Å². The predicted molar refractivity (Wildman–Crippen MR) is 142 cm³/mol. The Kier molecular flexibility index (Phi) is 24.7. The summed E-state index contributed by atoms with van der Waals surface area (Å²) in [5.41, 5.74) is 0. The van der Waals surface area contributed by atoms with Gasteiger partial charge in [0.15, 0.2) is 0 Å². The summed E-state index contributed by atoms with van der Waals surface area (Å²) in [6.45, 7) is 9.53. The predicted octanol–water partition coefficient (Wildman–Crippen LogP) is 10.4. The van der Waals surface area contributed by atoms with Crippen LogP contribution in [0, 0.1) is 11.8 Å². The molecule has 0 radical (unpaired) electrons. The molecule has 0 aromatic carbocycles. The number of esters is 1. The second kappa shape index (κ2) is 25.1. The summed E-state index contributed by atoms with van der Waals surface area (Å²) in [5, 5.41) is 0. The van der Waals surface area contributed by atoms with Crippen molar-refractivity contribution in [3.63, 3.8) is 0 Å². The number of carbonyl (C=O) groups is 1. The number of unbranched alkanes of at least 4 members (excludes halogenated alkanes) is 16. The molecule has 2 heteroatoms. The van der Waals surface area contributed by atoms with Crippen molar-refractivity contribution >= 4 is 5.97 Å². The number of ether oxygens (including phenoxy) is 1. The SMILES string of the molecule is CCCCCCCCCCC(CCCCC)COC(=O)C(C)CCCCCCCCCC. The minimum Gasteiger partial charge on any atom is -0.465 e. The molecule has 0 aromatic rings. The first-order chi connectivity index (χ1) is 15.7. The Morgan fingerprint density at radius 1 is 0.531 bits per heavy atom. The van der Waals surface area contributed by atoms with E-state index in [2.05, 4.69) is 27.7 Å². The molecule has 0 N–H and O–H groups in total. The van der Waals surface area contributed by atoms with Crippen LogP contribution in [0.15, 0.2) is 0 Å². The van der Waals surface area contributed by atoms with Crippen molar-refractivity contribution in [1.29, 1.82) is 0 Å². The van der Waals surface area contributed by atoms with Crippen molar-refractivity contribution in [2.24, 2.45) is 11.8 Å². The molecule has 0 rings (SSSR count). The quantitative estimate of drug-likeness (QED) is 0.102. The van der Waals surface area contributed by atoms with Crippen LogP contribution < -0.4 is 0 Å². The highest BCUT2D eigenvalue weighted by Gasteiger charge is 2.17. The molecular weight excluding hydrogens is 392 g/mol. The summed E-state index contributed by atoms with van der Waals surface area (Å²) >= 11 is 0. The van der Waals surface area contributed by atoms with Gasteiger partial charge in [0.05, 0.1) is 12.5 Å². The zero-order chi connectivity index (χ0) is 23.7. The molecule has 2 unspecified atom stereocenters. The first-order valence-corrected chi connectivity index (χ1v) is 14.8. The lowest BCUT2D eigenvalue weighted by atomic mass is 9.95. The van der Waals surface area contributed by atoms with Gasteiger partial charge in [0, 0.05) is 0 Å². The zero-order valence-corrected chi connectivity index (χ0v) is 22.7. The molecule has 0 fully saturated rings. The van der Waals surface area contributed by atoms with Gasteiger partial charge in [0.25, 0.3) is 0 Å². The van der Waals surface area contributed by atoms with Gasteiger partial charge in [-0.3, -0.25) is 4.79 Å². The Morgan fingerprint density at radius 3 is 1.34 bits per heavy atom. The normalized spacial score (nSPS) is 13.2. The third-order valence-electron chi connectivity index (χ3n) is 7.04. The highest BCUT2D eigenvalue weighted by Crippen LogP contribution is 2.21. The molecule has 0 aromatic heterocycles. The largest absolute Gasteiger partial charge is 0.465 e. The van der Waals surface area contributed by atoms with Gasteiger partial charge in [-0.25, -0.2) is 0 Å². The first kappa shape index (κ1) is 31.5. The molecular formula is C30H60O2. The van der Waals surface area contributed by atoms with Gasteiger partial charge in [0.2, 0.25) is 0 Å². The maximum atomic E-state index is 12.5. The number of hydrogen-bond donors (Lipinski definition) is 0. The molecule has 0 spiro atoms. The Balaban J connectivity index is 3.95. The molecule has 0 aliphatic rings. The fourth-order valence-electron chi connectivity index (χ4n) is 4.61. The highest BCUT2D eigenvalue weighted by molar-refractivity contribution is 5.71. The average molecular weight is 453 g/mol. The van der Waals surface area contributed by atoms with Crippen LogP contribution in [0.3, 0.4) is 0 Å². The third kappa shape index (κ3) is 21.3. The Labute approximate surface area is 203 Å². The minimum atomic E-state index is 0.0457. The summed E-state index contributed by atoms with van der Waals surface area (Å²) in [6.07, 6.45) is 28.8. The summed E-state index contributed by atoms with van der Waals surface area (Å²) in [6, 6.07) is 0. The van der Waals surface area contributed by atoms with Crippen LogP contribution in [0.1, 0.15) is 169 Å². The fraction of sp³-hybridized carbons (Fsp3) is 0.967. The van der Waals surface area contributed by atoms with E-state index in [9.17, 15) is 4.79 Å². The molecule has 192 valence electrons. The van der Waals surface area contributed by atoms with Crippen LogP contribution in [0.5, 0.6) is 0 Å². The van der Waals surface area contributed by atoms with Crippen LogP contribution >= 0.6 is 0 Å². The Morgan fingerprint density at radius 2 is 0.875 bits per heavy atom. The fourth-order valence-corrected chi connectivity index (χ4v) is 4.61. The van der Waals surface area contributed by atoms with Crippen molar-refractivity contribution in [3.8, 4) is 0 Å². The number of rotatable bonds is 25. The third-order valence-corrected chi connectivity index (χ3v) is 7.04. The van der Waals surface area contributed by atoms with Gasteiger partial charge in [0.1, 0.15) is 0 Å². The Bertz CT molecular complexity index is 379. The molecule has 32 heavy (non-hydrogen) atoms. The van der Waals surface area contributed by atoms with E-state index in [1.54, 1.807) is 0 Å². The van der Waals surface area contributed by atoms with Crippen LogP contribution in [-0.2, 0) is 9.53 Å². The maximum Gasteiger partial charge on any atom is 0.308 e. The zero-order valence-electron chi connectivity index (χ0n) is 22.7. The summed E-state index contributed by atoms with van der Waals surface area (Å²) in [5.74, 6) is 0.680. The lowest BCUT2D eigenvalue weighted by molar-refractivity contribution is -0.149. The smallest absolute Gasteiger partial charge is 0.308 e.